The van der Waals surface area contributed by atoms with Gasteiger partial charge >= 0.3 is 0 Å². The van der Waals surface area contributed by atoms with Crippen LogP contribution in [-0.2, 0) is 0 Å². The van der Waals surface area contributed by atoms with Gasteiger partial charge in [0.2, 0.25) is 0 Å². The fraction of sp³-hybridized carbons (Fsp3) is 0.167. The zero-order valence-electron chi connectivity index (χ0n) is 12.8. The fourth-order valence-corrected chi connectivity index (χ4v) is 2.38. The van der Waals surface area contributed by atoms with E-state index in [9.17, 15) is 4.79 Å². The van der Waals surface area contributed by atoms with Crippen LogP contribution in [0.4, 0.5) is 11.4 Å². The lowest BCUT2D eigenvalue weighted by molar-refractivity contribution is 0.102. The summed E-state index contributed by atoms with van der Waals surface area (Å²) in [6, 6.07) is 12.6. The maximum Gasteiger partial charge on any atom is 0.255 e. The van der Waals surface area contributed by atoms with Crippen molar-refractivity contribution in [3.63, 3.8) is 0 Å². The molecule has 1 N–H and O–H groups in total. The van der Waals surface area contributed by atoms with Crippen LogP contribution in [0.5, 0.6) is 0 Å². The van der Waals surface area contributed by atoms with Gasteiger partial charge in [-0.3, -0.25) is 4.79 Å². The molecule has 0 radical (unpaired) electrons. The highest BCUT2D eigenvalue weighted by atomic mass is 35.5. The highest BCUT2D eigenvalue weighted by Crippen LogP contribution is 2.24. The van der Waals surface area contributed by atoms with Gasteiger partial charge in [-0.05, 0) is 68.1 Å². The van der Waals surface area contributed by atoms with E-state index < -0.39 is 0 Å². The summed E-state index contributed by atoms with van der Waals surface area (Å²) in [7, 11) is 0. The molecule has 0 saturated heterocycles. The smallest absolute Gasteiger partial charge is 0.255 e. The van der Waals surface area contributed by atoms with Gasteiger partial charge in [0.15, 0.2) is 0 Å². The number of rotatable bonds is 5. The van der Waals surface area contributed by atoms with E-state index in [4.69, 9.17) is 11.6 Å². The molecule has 1 amide bonds. The van der Waals surface area contributed by atoms with Crippen LogP contribution in [0.2, 0.25) is 5.02 Å². The number of aryl methyl sites for hydroxylation is 1. The summed E-state index contributed by atoms with van der Waals surface area (Å²) in [4.78, 5) is 14.2. The van der Waals surface area contributed by atoms with Gasteiger partial charge in [-0.1, -0.05) is 18.2 Å². The first-order valence-corrected chi connectivity index (χ1v) is 7.49. The Labute approximate surface area is 136 Å². The maximum absolute atomic E-state index is 12.2. The molecule has 0 atom stereocenters. The van der Waals surface area contributed by atoms with Gasteiger partial charge in [0.25, 0.3) is 5.91 Å². The van der Waals surface area contributed by atoms with Crippen LogP contribution in [-0.4, -0.2) is 12.5 Å². The standard InChI is InChI=1S/C18H19ClN2O/c1-4-21(5-2)17-11-10-16(12-13(17)3)20-18(22)14-6-8-15(19)9-7-14/h4,6-12H,1,5H2,2-3H3,(H,20,22). The zero-order valence-corrected chi connectivity index (χ0v) is 13.5. The molecule has 0 saturated carbocycles. The number of hydrogen-bond acceptors (Lipinski definition) is 2. The minimum absolute atomic E-state index is 0.153. The Hall–Kier alpha value is -2.26. The topological polar surface area (TPSA) is 32.3 Å². The van der Waals surface area contributed by atoms with Gasteiger partial charge in [-0.25, -0.2) is 0 Å². The van der Waals surface area contributed by atoms with E-state index >= 15 is 0 Å². The van der Waals surface area contributed by atoms with Gasteiger partial charge in [0.05, 0.1) is 0 Å². The third-order valence-corrected chi connectivity index (χ3v) is 3.68. The molecule has 22 heavy (non-hydrogen) atoms. The average Bonchev–Trinajstić information content (AvgIpc) is 2.51. The van der Waals surface area contributed by atoms with E-state index in [1.54, 1.807) is 30.5 Å². The molecule has 0 aliphatic rings. The summed E-state index contributed by atoms with van der Waals surface area (Å²) in [6.07, 6.45) is 1.80. The molecule has 0 unspecified atom stereocenters. The monoisotopic (exact) mass is 314 g/mol. The Bertz CT molecular complexity index is 680. The normalized spacial score (nSPS) is 10.1. The second-order valence-corrected chi connectivity index (χ2v) is 5.37. The Kier molecular flexibility index (Phi) is 5.23. The van der Waals surface area contributed by atoms with Crippen LogP contribution in [0, 0.1) is 6.92 Å². The lowest BCUT2D eigenvalue weighted by Crippen LogP contribution is -2.16. The minimum Gasteiger partial charge on any atom is -0.349 e. The van der Waals surface area contributed by atoms with Crippen molar-refractivity contribution < 1.29 is 4.79 Å². The largest absolute Gasteiger partial charge is 0.349 e. The number of halogens is 1. The van der Waals surface area contributed by atoms with Crippen molar-refractivity contribution in [3.8, 4) is 0 Å². The second kappa shape index (κ2) is 7.14. The highest BCUT2D eigenvalue weighted by Gasteiger charge is 2.09. The van der Waals surface area contributed by atoms with Crippen LogP contribution in [0.15, 0.2) is 55.2 Å². The summed E-state index contributed by atoms with van der Waals surface area (Å²) in [5.41, 5.74) is 3.51. The molecule has 0 heterocycles. The number of benzene rings is 2. The van der Waals surface area contributed by atoms with Crippen LogP contribution < -0.4 is 10.2 Å². The number of carbonyl (C=O) groups is 1. The van der Waals surface area contributed by atoms with E-state index in [-0.39, 0.29) is 5.91 Å². The number of carbonyl (C=O) groups excluding carboxylic acids is 1. The quantitative estimate of drug-likeness (QED) is 0.854. The van der Waals surface area contributed by atoms with Crippen LogP contribution in [0.25, 0.3) is 0 Å². The number of amides is 1. The third-order valence-electron chi connectivity index (χ3n) is 3.43. The molecule has 0 bridgehead atoms. The number of nitrogens with one attached hydrogen (secondary N) is 1. The van der Waals surface area contributed by atoms with E-state index in [0.717, 1.165) is 23.5 Å². The van der Waals surface area contributed by atoms with Gasteiger partial charge in [-0.2, -0.15) is 0 Å². The Balaban J connectivity index is 2.17. The molecule has 4 heteroatoms. The van der Waals surface area contributed by atoms with Crippen molar-refractivity contribution in [2.45, 2.75) is 13.8 Å². The highest BCUT2D eigenvalue weighted by molar-refractivity contribution is 6.30. The number of nitrogens with zero attached hydrogens (tertiary/aromatic N) is 1. The summed E-state index contributed by atoms with van der Waals surface area (Å²) < 4.78 is 0. The van der Waals surface area contributed by atoms with E-state index in [1.807, 2.05) is 25.1 Å². The van der Waals surface area contributed by atoms with Crippen molar-refractivity contribution in [1.82, 2.24) is 0 Å². The predicted molar refractivity (Wildman–Crippen MR) is 93.8 cm³/mol. The van der Waals surface area contributed by atoms with Gasteiger partial charge in [-0.15, -0.1) is 0 Å². The first-order valence-electron chi connectivity index (χ1n) is 7.12. The van der Waals surface area contributed by atoms with E-state index in [2.05, 4.69) is 23.7 Å². The average molecular weight is 315 g/mol. The summed E-state index contributed by atoms with van der Waals surface area (Å²) in [5, 5.41) is 3.51. The maximum atomic E-state index is 12.2. The zero-order chi connectivity index (χ0) is 16.1. The molecule has 2 aromatic rings. The molecular formula is C18H19ClN2O. The molecule has 0 aliphatic carbocycles. The number of anilines is 2. The van der Waals surface area contributed by atoms with Gasteiger partial charge in [0.1, 0.15) is 0 Å². The lowest BCUT2D eigenvalue weighted by Gasteiger charge is -2.20. The summed E-state index contributed by atoms with van der Waals surface area (Å²) in [6.45, 7) is 8.74. The Morgan fingerprint density at radius 2 is 1.95 bits per heavy atom. The first kappa shape index (κ1) is 16.1. The Morgan fingerprint density at radius 3 is 2.50 bits per heavy atom. The molecule has 0 fully saturated rings. The summed E-state index contributed by atoms with van der Waals surface area (Å²) in [5.74, 6) is -0.153. The molecular weight excluding hydrogens is 296 g/mol. The second-order valence-electron chi connectivity index (χ2n) is 4.93. The fourth-order valence-electron chi connectivity index (χ4n) is 2.26. The first-order chi connectivity index (χ1) is 10.5. The van der Waals surface area contributed by atoms with E-state index in [0.29, 0.717) is 10.6 Å². The molecule has 0 aliphatic heterocycles. The van der Waals surface area contributed by atoms with Crippen molar-refractivity contribution >= 4 is 28.9 Å². The Morgan fingerprint density at radius 1 is 1.27 bits per heavy atom. The molecule has 3 nitrogen and oxygen atoms in total. The van der Waals surface area contributed by atoms with Crippen molar-refractivity contribution in [2.24, 2.45) is 0 Å². The third kappa shape index (κ3) is 3.68. The molecule has 114 valence electrons. The summed E-state index contributed by atoms with van der Waals surface area (Å²) >= 11 is 5.83. The van der Waals surface area contributed by atoms with Gasteiger partial charge in [0, 0.05) is 28.5 Å². The van der Waals surface area contributed by atoms with Crippen LogP contribution in [0.1, 0.15) is 22.8 Å². The van der Waals surface area contributed by atoms with Gasteiger partial charge < -0.3 is 10.2 Å². The molecule has 0 aromatic heterocycles. The van der Waals surface area contributed by atoms with Crippen LogP contribution in [0.3, 0.4) is 0 Å². The van der Waals surface area contributed by atoms with Crippen molar-refractivity contribution in [1.29, 1.82) is 0 Å². The molecule has 2 rings (SSSR count). The molecule has 2 aromatic carbocycles. The minimum atomic E-state index is -0.153. The van der Waals surface area contributed by atoms with Crippen molar-refractivity contribution in [3.05, 3.63) is 71.4 Å². The van der Waals surface area contributed by atoms with E-state index in [1.165, 1.54) is 0 Å². The van der Waals surface area contributed by atoms with Crippen molar-refractivity contribution in [2.75, 3.05) is 16.8 Å². The SMILES string of the molecule is C=CN(CC)c1ccc(NC(=O)c2ccc(Cl)cc2)cc1C. The lowest BCUT2D eigenvalue weighted by atomic mass is 10.1. The molecule has 0 spiro atoms. The number of hydrogen-bond donors (Lipinski definition) is 1. The predicted octanol–water partition coefficient (Wildman–Crippen LogP) is 4.87. The van der Waals surface area contributed by atoms with Crippen LogP contribution >= 0.6 is 11.6 Å².